The van der Waals surface area contributed by atoms with Crippen LogP contribution in [-0.2, 0) is 0 Å². The molecular formula is C13H17NO2. The molecule has 2 aliphatic heterocycles. The number of hydrogen-bond donors (Lipinski definition) is 1. The second kappa shape index (κ2) is 3.98. The molecule has 1 fully saturated rings. The number of phenols is 1. The first-order valence-electron chi connectivity index (χ1n) is 6.04. The topological polar surface area (TPSA) is 32.7 Å². The van der Waals surface area contributed by atoms with Crippen LogP contribution in [0.2, 0.25) is 0 Å². The fourth-order valence-electron chi connectivity index (χ4n) is 2.80. The molecule has 16 heavy (non-hydrogen) atoms. The summed E-state index contributed by atoms with van der Waals surface area (Å²) in [5.74, 6) is 1.29. The van der Waals surface area contributed by atoms with Crippen molar-refractivity contribution in [1.29, 1.82) is 0 Å². The van der Waals surface area contributed by atoms with Crippen molar-refractivity contribution in [2.45, 2.75) is 25.3 Å². The summed E-state index contributed by atoms with van der Waals surface area (Å²) in [5.41, 5.74) is 1.16. The molecule has 0 spiro atoms. The second-order valence-corrected chi connectivity index (χ2v) is 4.62. The average Bonchev–Trinajstić information content (AvgIpc) is 2.81. The Morgan fingerprint density at radius 3 is 2.88 bits per heavy atom. The van der Waals surface area contributed by atoms with Crippen LogP contribution in [-0.4, -0.2) is 29.7 Å². The van der Waals surface area contributed by atoms with Gasteiger partial charge in [0.25, 0.3) is 0 Å². The molecule has 0 amide bonds. The van der Waals surface area contributed by atoms with Gasteiger partial charge in [0, 0.05) is 18.0 Å². The molecule has 0 saturated carbocycles. The molecule has 0 bridgehead atoms. The van der Waals surface area contributed by atoms with Gasteiger partial charge >= 0.3 is 0 Å². The minimum Gasteiger partial charge on any atom is -0.508 e. The minimum absolute atomic E-state index is 0.341. The van der Waals surface area contributed by atoms with Gasteiger partial charge in [-0.1, -0.05) is 0 Å². The molecule has 1 unspecified atom stereocenters. The van der Waals surface area contributed by atoms with E-state index in [-0.39, 0.29) is 0 Å². The van der Waals surface area contributed by atoms with Gasteiger partial charge < -0.3 is 9.84 Å². The van der Waals surface area contributed by atoms with Crippen molar-refractivity contribution in [3.63, 3.8) is 0 Å². The summed E-state index contributed by atoms with van der Waals surface area (Å²) in [6.45, 7) is 3.15. The monoisotopic (exact) mass is 219 g/mol. The van der Waals surface area contributed by atoms with E-state index in [0.29, 0.717) is 11.8 Å². The number of fused-ring (bicyclic) bond motifs is 1. The molecule has 1 aromatic rings. The molecule has 2 aliphatic rings. The van der Waals surface area contributed by atoms with Crippen molar-refractivity contribution in [3.8, 4) is 11.5 Å². The number of ether oxygens (including phenoxy) is 1. The summed E-state index contributed by atoms with van der Waals surface area (Å²) in [6, 6.07) is 5.88. The molecule has 3 nitrogen and oxygen atoms in total. The lowest BCUT2D eigenvalue weighted by molar-refractivity contribution is 0.165. The average molecular weight is 219 g/mol. The Balaban J connectivity index is 1.94. The number of hydrogen-bond acceptors (Lipinski definition) is 3. The quantitative estimate of drug-likeness (QED) is 0.786. The number of likely N-dealkylation sites (tertiary alicyclic amines) is 1. The first-order valence-corrected chi connectivity index (χ1v) is 6.04. The van der Waals surface area contributed by atoms with E-state index in [1.165, 1.54) is 25.9 Å². The molecule has 0 aromatic heterocycles. The van der Waals surface area contributed by atoms with E-state index in [2.05, 4.69) is 4.90 Å². The van der Waals surface area contributed by atoms with Gasteiger partial charge in [-0.15, -0.1) is 0 Å². The molecule has 1 saturated heterocycles. The van der Waals surface area contributed by atoms with E-state index < -0.39 is 0 Å². The van der Waals surface area contributed by atoms with E-state index in [9.17, 15) is 5.11 Å². The van der Waals surface area contributed by atoms with Crippen LogP contribution in [0.3, 0.4) is 0 Å². The Kier molecular flexibility index (Phi) is 2.48. The third-order valence-corrected chi connectivity index (χ3v) is 3.58. The number of phenolic OH excluding ortho intramolecular Hbond substituents is 1. The van der Waals surface area contributed by atoms with Crippen LogP contribution in [0.5, 0.6) is 11.5 Å². The van der Waals surface area contributed by atoms with Crippen LogP contribution >= 0.6 is 0 Å². The van der Waals surface area contributed by atoms with Crippen LogP contribution in [0.1, 0.15) is 30.9 Å². The normalized spacial score (nSPS) is 25.1. The molecule has 1 N–H and O–H groups in total. The molecule has 2 heterocycles. The van der Waals surface area contributed by atoms with Gasteiger partial charge in [0.05, 0.1) is 6.61 Å². The van der Waals surface area contributed by atoms with Crippen molar-refractivity contribution in [2.75, 3.05) is 19.7 Å². The van der Waals surface area contributed by atoms with Crippen molar-refractivity contribution in [3.05, 3.63) is 23.8 Å². The highest BCUT2D eigenvalue weighted by atomic mass is 16.5. The van der Waals surface area contributed by atoms with Gasteiger partial charge in [-0.05, 0) is 44.1 Å². The zero-order valence-corrected chi connectivity index (χ0v) is 9.35. The first-order chi connectivity index (χ1) is 7.84. The highest BCUT2D eigenvalue weighted by molar-refractivity contribution is 5.42. The SMILES string of the molecule is Oc1ccc2c(c1)C(N1CCCC1)CCO2. The molecule has 1 aromatic carbocycles. The molecule has 3 rings (SSSR count). The highest BCUT2D eigenvalue weighted by Gasteiger charge is 2.28. The van der Waals surface area contributed by atoms with Crippen LogP contribution in [0.25, 0.3) is 0 Å². The van der Waals surface area contributed by atoms with Crippen molar-refractivity contribution in [2.24, 2.45) is 0 Å². The number of nitrogens with zero attached hydrogens (tertiary/aromatic N) is 1. The first kappa shape index (κ1) is 9.97. The lowest BCUT2D eigenvalue weighted by Gasteiger charge is -2.32. The largest absolute Gasteiger partial charge is 0.508 e. The summed E-state index contributed by atoms with van der Waals surface area (Å²) >= 11 is 0. The number of rotatable bonds is 1. The minimum atomic E-state index is 0.341. The Morgan fingerprint density at radius 2 is 2.06 bits per heavy atom. The highest BCUT2D eigenvalue weighted by Crippen LogP contribution is 2.39. The van der Waals surface area contributed by atoms with Gasteiger partial charge in [-0.25, -0.2) is 0 Å². The van der Waals surface area contributed by atoms with Crippen LogP contribution in [0, 0.1) is 0 Å². The van der Waals surface area contributed by atoms with Crippen LogP contribution in [0.15, 0.2) is 18.2 Å². The third kappa shape index (κ3) is 1.65. The predicted octanol–water partition coefficient (Wildman–Crippen LogP) is 2.31. The lowest BCUT2D eigenvalue weighted by atomic mass is 9.99. The van der Waals surface area contributed by atoms with Crippen LogP contribution < -0.4 is 4.74 Å². The lowest BCUT2D eigenvalue weighted by Crippen LogP contribution is -2.30. The molecule has 3 heteroatoms. The van der Waals surface area contributed by atoms with E-state index in [0.717, 1.165) is 24.3 Å². The molecule has 1 atom stereocenters. The van der Waals surface area contributed by atoms with Gasteiger partial charge in [-0.2, -0.15) is 0 Å². The summed E-state index contributed by atoms with van der Waals surface area (Å²) < 4.78 is 5.63. The number of aromatic hydroxyl groups is 1. The van der Waals surface area contributed by atoms with Gasteiger partial charge in [0.1, 0.15) is 11.5 Å². The maximum absolute atomic E-state index is 9.57. The summed E-state index contributed by atoms with van der Waals surface area (Å²) in [5, 5.41) is 9.57. The fourth-order valence-corrected chi connectivity index (χ4v) is 2.80. The zero-order valence-electron chi connectivity index (χ0n) is 9.35. The smallest absolute Gasteiger partial charge is 0.124 e. The van der Waals surface area contributed by atoms with Crippen molar-refractivity contribution < 1.29 is 9.84 Å². The molecule has 0 aliphatic carbocycles. The summed E-state index contributed by atoms with van der Waals surface area (Å²) in [6.07, 6.45) is 3.63. The van der Waals surface area contributed by atoms with Gasteiger partial charge in [0.15, 0.2) is 0 Å². The summed E-state index contributed by atoms with van der Waals surface area (Å²) in [4.78, 5) is 2.51. The predicted molar refractivity (Wildman–Crippen MR) is 61.8 cm³/mol. The standard InChI is InChI=1S/C13H17NO2/c15-10-3-4-13-11(9-10)12(5-8-16-13)14-6-1-2-7-14/h3-4,9,12,15H,1-2,5-8H2. The van der Waals surface area contributed by atoms with Gasteiger partial charge in [0.2, 0.25) is 0 Å². The Bertz CT molecular complexity index is 386. The Labute approximate surface area is 95.6 Å². The number of benzene rings is 1. The van der Waals surface area contributed by atoms with Gasteiger partial charge in [-0.3, -0.25) is 4.90 Å². The van der Waals surface area contributed by atoms with Crippen LogP contribution in [0.4, 0.5) is 0 Å². The fraction of sp³-hybridized carbons (Fsp3) is 0.538. The maximum Gasteiger partial charge on any atom is 0.124 e. The van der Waals surface area contributed by atoms with E-state index in [1.54, 1.807) is 6.07 Å². The Hall–Kier alpha value is -1.22. The van der Waals surface area contributed by atoms with E-state index in [1.807, 2.05) is 12.1 Å². The van der Waals surface area contributed by atoms with Crippen molar-refractivity contribution in [1.82, 2.24) is 4.90 Å². The maximum atomic E-state index is 9.57. The van der Waals surface area contributed by atoms with E-state index in [4.69, 9.17) is 4.74 Å². The third-order valence-electron chi connectivity index (χ3n) is 3.58. The second-order valence-electron chi connectivity index (χ2n) is 4.62. The molecular weight excluding hydrogens is 202 g/mol. The van der Waals surface area contributed by atoms with E-state index >= 15 is 0 Å². The summed E-state index contributed by atoms with van der Waals surface area (Å²) in [7, 11) is 0. The Morgan fingerprint density at radius 1 is 1.25 bits per heavy atom. The zero-order chi connectivity index (χ0) is 11.0. The molecule has 0 radical (unpaired) electrons. The molecule has 86 valence electrons. The van der Waals surface area contributed by atoms with Crippen molar-refractivity contribution >= 4 is 0 Å².